The smallest absolute Gasteiger partial charge is 0.374 e. The lowest BCUT2D eigenvalue weighted by atomic mass is 10.3. The van der Waals surface area contributed by atoms with Crippen molar-refractivity contribution >= 4 is 33.5 Å². The summed E-state index contributed by atoms with van der Waals surface area (Å²) in [6.07, 6.45) is 0. The molecule has 0 unspecified atom stereocenters. The molecule has 0 spiro atoms. The van der Waals surface area contributed by atoms with Gasteiger partial charge in [-0.05, 0) is 24.3 Å². The predicted octanol–water partition coefficient (Wildman–Crippen LogP) is 0.117. The highest BCUT2D eigenvalue weighted by Gasteiger charge is 2.19. The van der Waals surface area contributed by atoms with E-state index in [0.717, 1.165) is 30.3 Å². The summed E-state index contributed by atoms with van der Waals surface area (Å²) in [6.45, 7) is -1.33. The number of carbonyl (C=O) groups excluding carboxylic acids is 3. The van der Waals surface area contributed by atoms with Gasteiger partial charge in [0.2, 0.25) is 16.8 Å². The third kappa shape index (κ3) is 5.85. The van der Waals surface area contributed by atoms with Gasteiger partial charge in [0, 0.05) is 11.8 Å². The minimum Gasteiger partial charge on any atom is -0.450 e. The van der Waals surface area contributed by atoms with Crippen LogP contribution in [0.3, 0.4) is 0 Å². The number of hydrogen-bond acceptors (Lipinski definition) is 7. The molecule has 1 aromatic heterocycles. The second kappa shape index (κ2) is 8.58. The van der Waals surface area contributed by atoms with Crippen molar-refractivity contribution in [2.75, 3.05) is 18.5 Å². The first-order chi connectivity index (χ1) is 13.1. The highest BCUT2D eigenvalue weighted by Crippen LogP contribution is 2.13. The van der Waals surface area contributed by atoms with Crippen LogP contribution < -0.4 is 15.8 Å². The summed E-state index contributed by atoms with van der Waals surface area (Å²) in [5.74, 6) is -5.45. The Morgan fingerprint density at radius 2 is 1.79 bits per heavy atom. The molecule has 150 valence electrons. The number of carbonyl (C=O) groups is 3. The van der Waals surface area contributed by atoms with Crippen molar-refractivity contribution in [3.63, 3.8) is 0 Å². The highest BCUT2D eigenvalue weighted by atomic mass is 32.2. The molecule has 0 fully saturated rings. The molecule has 0 aliphatic carbocycles. The molecular weight excluding hydrogens is 404 g/mol. The van der Waals surface area contributed by atoms with Gasteiger partial charge in [-0.2, -0.15) is 0 Å². The first-order valence-corrected chi connectivity index (χ1v) is 8.92. The molecule has 0 saturated carbocycles. The number of sulfonamides is 1. The first-order valence-electron chi connectivity index (χ1n) is 7.37. The molecule has 0 atom stereocenters. The number of ether oxygens (including phenoxy) is 1. The van der Waals surface area contributed by atoms with Crippen molar-refractivity contribution in [1.29, 1.82) is 0 Å². The van der Waals surface area contributed by atoms with Crippen molar-refractivity contribution in [2.24, 2.45) is 5.14 Å². The number of hydrogen-bond donors (Lipinski definition) is 3. The van der Waals surface area contributed by atoms with E-state index in [1.54, 1.807) is 0 Å². The molecule has 2 aromatic rings. The number of amides is 2. The third-order valence-electron chi connectivity index (χ3n) is 3.05. The number of rotatable bonds is 7. The SMILES string of the molecule is NS(=O)(=O)c1ccc(C(=O)OCC(=O)NCC(=O)Nc2ccc(F)c(F)c2)o1. The van der Waals surface area contributed by atoms with Crippen LogP contribution in [0.4, 0.5) is 14.5 Å². The minimum absolute atomic E-state index is 0.0203. The first kappa shape index (κ1) is 21.0. The zero-order chi connectivity index (χ0) is 20.9. The van der Waals surface area contributed by atoms with Gasteiger partial charge in [-0.3, -0.25) is 9.59 Å². The number of anilines is 1. The Labute approximate surface area is 156 Å². The van der Waals surface area contributed by atoms with Crippen LogP contribution in [0.1, 0.15) is 10.6 Å². The van der Waals surface area contributed by atoms with E-state index >= 15 is 0 Å². The molecule has 2 amide bonds. The summed E-state index contributed by atoms with van der Waals surface area (Å²) < 4.78 is 57.2. The van der Waals surface area contributed by atoms with Crippen LogP contribution in [-0.4, -0.2) is 39.4 Å². The molecule has 2 rings (SSSR count). The fourth-order valence-electron chi connectivity index (χ4n) is 1.79. The lowest BCUT2D eigenvalue weighted by Gasteiger charge is -2.07. The maximum Gasteiger partial charge on any atom is 0.374 e. The zero-order valence-electron chi connectivity index (χ0n) is 13.9. The maximum atomic E-state index is 13.0. The summed E-state index contributed by atoms with van der Waals surface area (Å²) in [7, 11) is -4.14. The molecule has 1 aromatic carbocycles. The molecule has 4 N–H and O–H groups in total. The summed E-state index contributed by atoms with van der Waals surface area (Å²) in [4.78, 5) is 34.9. The Hall–Kier alpha value is -3.32. The number of nitrogens with one attached hydrogen (secondary N) is 2. The third-order valence-corrected chi connectivity index (χ3v) is 3.83. The van der Waals surface area contributed by atoms with Gasteiger partial charge in [-0.25, -0.2) is 27.1 Å². The van der Waals surface area contributed by atoms with Gasteiger partial charge < -0.3 is 19.8 Å². The van der Waals surface area contributed by atoms with Gasteiger partial charge in [0.25, 0.3) is 15.9 Å². The molecule has 13 heteroatoms. The largest absolute Gasteiger partial charge is 0.450 e. The van der Waals surface area contributed by atoms with E-state index < -0.39 is 63.4 Å². The van der Waals surface area contributed by atoms with Crippen molar-refractivity contribution in [1.82, 2.24) is 5.32 Å². The topological polar surface area (TPSA) is 158 Å². The standard InChI is InChI=1S/C15H13F2N3O7S/c16-9-2-1-8(5-10(9)17)20-12(21)6-19-13(22)7-26-15(23)11-3-4-14(27-11)28(18,24)25/h1-5H,6-7H2,(H,19,22)(H,20,21)(H2,18,24,25). The van der Waals surface area contributed by atoms with Gasteiger partial charge in [0.1, 0.15) is 0 Å². The quantitative estimate of drug-likeness (QED) is 0.540. The number of primary sulfonamides is 1. The highest BCUT2D eigenvalue weighted by molar-refractivity contribution is 7.89. The molecule has 0 saturated heterocycles. The van der Waals surface area contributed by atoms with E-state index in [1.165, 1.54) is 0 Å². The van der Waals surface area contributed by atoms with Gasteiger partial charge in [0.05, 0.1) is 6.54 Å². The van der Waals surface area contributed by atoms with Crippen LogP contribution in [-0.2, 0) is 24.3 Å². The maximum absolute atomic E-state index is 13.0. The number of nitrogens with two attached hydrogens (primary N) is 1. The zero-order valence-corrected chi connectivity index (χ0v) is 14.7. The lowest BCUT2D eigenvalue weighted by molar-refractivity contribution is -0.126. The fraction of sp³-hybridized carbons (Fsp3) is 0.133. The summed E-state index contributed by atoms with van der Waals surface area (Å²) in [5, 5.41) is 8.50. The van der Waals surface area contributed by atoms with E-state index in [4.69, 9.17) is 5.14 Å². The minimum atomic E-state index is -4.14. The Morgan fingerprint density at radius 3 is 2.39 bits per heavy atom. The predicted molar refractivity (Wildman–Crippen MR) is 88.4 cm³/mol. The Balaban J connectivity index is 1.77. The summed E-state index contributed by atoms with van der Waals surface area (Å²) >= 11 is 0. The summed E-state index contributed by atoms with van der Waals surface area (Å²) in [5.41, 5.74) is -0.0203. The molecule has 0 radical (unpaired) electrons. The van der Waals surface area contributed by atoms with E-state index in [0.29, 0.717) is 0 Å². The average Bonchev–Trinajstić information content (AvgIpc) is 3.11. The Bertz CT molecular complexity index is 1020. The van der Waals surface area contributed by atoms with Crippen molar-refractivity contribution in [2.45, 2.75) is 5.09 Å². The molecule has 10 nitrogen and oxygen atoms in total. The van der Waals surface area contributed by atoms with Crippen LogP contribution >= 0.6 is 0 Å². The van der Waals surface area contributed by atoms with Crippen LogP contribution in [0.15, 0.2) is 39.8 Å². The number of halogens is 2. The van der Waals surface area contributed by atoms with Crippen LogP contribution in [0.5, 0.6) is 0 Å². The molecule has 1 heterocycles. The normalized spacial score (nSPS) is 11.0. The fourth-order valence-corrected chi connectivity index (χ4v) is 2.26. The van der Waals surface area contributed by atoms with Gasteiger partial charge in [0.15, 0.2) is 18.2 Å². The molecule has 0 aliphatic rings. The summed E-state index contributed by atoms with van der Waals surface area (Å²) in [6, 6.07) is 4.64. The van der Waals surface area contributed by atoms with Gasteiger partial charge in [-0.1, -0.05) is 0 Å². The number of furan rings is 1. The van der Waals surface area contributed by atoms with Gasteiger partial charge >= 0.3 is 5.97 Å². The van der Waals surface area contributed by atoms with Crippen molar-refractivity contribution < 1.29 is 40.7 Å². The number of esters is 1. The molecule has 0 bridgehead atoms. The van der Waals surface area contributed by atoms with Crippen LogP contribution in [0.25, 0.3) is 0 Å². The van der Waals surface area contributed by atoms with Crippen LogP contribution in [0.2, 0.25) is 0 Å². The van der Waals surface area contributed by atoms with Crippen LogP contribution in [0, 0.1) is 11.6 Å². The van der Waals surface area contributed by atoms with Gasteiger partial charge in [-0.15, -0.1) is 0 Å². The Morgan fingerprint density at radius 1 is 1.07 bits per heavy atom. The van der Waals surface area contributed by atoms with Crippen molar-refractivity contribution in [3.8, 4) is 0 Å². The second-order valence-electron chi connectivity index (χ2n) is 5.19. The van der Waals surface area contributed by atoms with E-state index in [-0.39, 0.29) is 5.69 Å². The molecule has 28 heavy (non-hydrogen) atoms. The second-order valence-corrected chi connectivity index (χ2v) is 6.69. The monoisotopic (exact) mass is 417 g/mol. The van der Waals surface area contributed by atoms with Crippen molar-refractivity contribution in [3.05, 3.63) is 47.7 Å². The van der Waals surface area contributed by atoms with E-state index in [1.807, 2.05) is 0 Å². The molecular formula is C15H13F2N3O7S. The molecule has 0 aliphatic heterocycles. The average molecular weight is 417 g/mol. The lowest BCUT2D eigenvalue weighted by Crippen LogP contribution is -2.35. The van der Waals surface area contributed by atoms with E-state index in [2.05, 4.69) is 19.8 Å². The Kier molecular flexibility index (Phi) is 6.43. The van der Waals surface area contributed by atoms with E-state index in [9.17, 15) is 31.6 Å². The number of benzene rings is 1.